The van der Waals surface area contributed by atoms with Crippen molar-refractivity contribution in [2.24, 2.45) is 0 Å². The van der Waals surface area contributed by atoms with Crippen molar-refractivity contribution in [3.63, 3.8) is 0 Å². The molecule has 0 unspecified atom stereocenters. The monoisotopic (exact) mass is 503 g/mol. The standard InChI is InChI=1S/C20H8Cl3F4N3O2/c21-9-3-1-4-10(7-9)30-18(20(25,26)27)11(8-28-30)17-15(19(23)31)16(29-32-17)14-12(22)5-2-6-13(14)24/h1-8H. The first-order chi connectivity index (χ1) is 15.1. The smallest absolute Gasteiger partial charge is 0.355 e. The van der Waals surface area contributed by atoms with Crippen molar-refractivity contribution >= 4 is 40.0 Å². The fourth-order valence-electron chi connectivity index (χ4n) is 3.14. The first-order valence-electron chi connectivity index (χ1n) is 8.65. The van der Waals surface area contributed by atoms with E-state index in [-0.39, 0.29) is 21.3 Å². The number of carbonyl (C=O) groups excluding carboxylic acids is 1. The first kappa shape index (κ1) is 22.3. The molecule has 12 heteroatoms. The van der Waals surface area contributed by atoms with Gasteiger partial charge in [0.05, 0.1) is 28.0 Å². The van der Waals surface area contributed by atoms with Crippen LogP contribution in [0.1, 0.15) is 16.1 Å². The maximum absolute atomic E-state index is 14.4. The van der Waals surface area contributed by atoms with Crippen molar-refractivity contribution in [3.05, 3.63) is 75.8 Å². The molecule has 0 radical (unpaired) electrons. The summed E-state index contributed by atoms with van der Waals surface area (Å²) >= 11 is 17.5. The van der Waals surface area contributed by atoms with Crippen LogP contribution in [-0.4, -0.2) is 20.2 Å². The Hall–Kier alpha value is -2.88. The summed E-state index contributed by atoms with van der Waals surface area (Å²) in [6.45, 7) is 0. The van der Waals surface area contributed by atoms with E-state index in [0.29, 0.717) is 4.68 Å². The van der Waals surface area contributed by atoms with Gasteiger partial charge >= 0.3 is 6.18 Å². The normalized spacial score (nSPS) is 11.7. The summed E-state index contributed by atoms with van der Waals surface area (Å²) in [4.78, 5) is 12.2. The Bertz CT molecular complexity index is 1330. The Morgan fingerprint density at radius 3 is 2.44 bits per heavy atom. The highest BCUT2D eigenvalue weighted by Crippen LogP contribution is 2.43. The number of alkyl halides is 3. The third-order valence-electron chi connectivity index (χ3n) is 4.42. The largest absolute Gasteiger partial charge is 0.434 e. The lowest BCUT2D eigenvalue weighted by molar-refractivity contribution is -0.142. The van der Waals surface area contributed by atoms with Gasteiger partial charge in [-0.25, -0.2) is 9.07 Å². The Morgan fingerprint density at radius 1 is 1.09 bits per heavy atom. The minimum Gasteiger partial charge on any atom is -0.355 e. The van der Waals surface area contributed by atoms with E-state index in [9.17, 15) is 22.4 Å². The zero-order chi connectivity index (χ0) is 23.2. The minimum atomic E-state index is -4.94. The molecule has 0 amide bonds. The van der Waals surface area contributed by atoms with Crippen LogP contribution >= 0.6 is 34.8 Å². The van der Waals surface area contributed by atoms with E-state index >= 15 is 0 Å². The average Bonchev–Trinajstić information content (AvgIpc) is 3.32. The van der Waals surface area contributed by atoms with Gasteiger partial charge in [-0.1, -0.05) is 40.5 Å². The van der Waals surface area contributed by atoms with Gasteiger partial charge in [-0.2, -0.15) is 18.3 Å². The number of hydrogen-bond acceptors (Lipinski definition) is 4. The summed E-state index contributed by atoms with van der Waals surface area (Å²) in [7, 11) is 0. The van der Waals surface area contributed by atoms with Crippen molar-refractivity contribution < 1.29 is 26.9 Å². The lowest BCUT2D eigenvalue weighted by atomic mass is 10.0. The van der Waals surface area contributed by atoms with Crippen LogP contribution < -0.4 is 0 Å². The molecule has 0 saturated carbocycles. The molecule has 0 aliphatic carbocycles. The van der Waals surface area contributed by atoms with E-state index in [1.807, 2.05) is 0 Å². The highest BCUT2D eigenvalue weighted by Gasteiger charge is 2.42. The van der Waals surface area contributed by atoms with Gasteiger partial charge in [0.25, 0.3) is 5.24 Å². The predicted molar refractivity (Wildman–Crippen MR) is 110 cm³/mol. The van der Waals surface area contributed by atoms with Crippen molar-refractivity contribution in [2.75, 3.05) is 0 Å². The summed E-state index contributed by atoms with van der Waals surface area (Å²) < 4.78 is 62.2. The summed E-state index contributed by atoms with van der Waals surface area (Å²) in [6.07, 6.45) is -4.11. The van der Waals surface area contributed by atoms with Gasteiger partial charge < -0.3 is 4.52 Å². The molecular formula is C20H8Cl3F4N3O2. The molecule has 0 aliphatic heterocycles. The van der Waals surface area contributed by atoms with Gasteiger partial charge in [-0.15, -0.1) is 0 Å². The van der Waals surface area contributed by atoms with Crippen LogP contribution in [0.4, 0.5) is 17.6 Å². The van der Waals surface area contributed by atoms with Gasteiger partial charge in [0.2, 0.25) is 0 Å². The number of aromatic nitrogens is 3. The molecule has 0 atom stereocenters. The number of nitrogens with zero attached hydrogens (tertiary/aromatic N) is 3. The molecule has 2 aromatic heterocycles. The van der Waals surface area contributed by atoms with E-state index in [0.717, 1.165) is 12.3 Å². The summed E-state index contributed by atoms with van der Waals surface area (Å²) in [5.41, 5.74) is -3.27. The Morgan fingerprint density at radius 2 is 1.81 bits per heavy atom. The average molecular weight is 505 g/mol. The second kappa shape index (κ2) is 8.23. The molecule has 32 heavy (non-hydrogen) atoms. The second-order valence-corrected chi connectivity index (χ2v) is 7.59. The zero-order valence-corrected chi connectivity index (χ0v) is 17.7. The highest BCUT2D eigenvalue weighted by atomic mass is 35.5. The van der Waals surface area contributed by atoms with Crippen molar-refractivity contribution in [1.29, 1.82) is 0 Å². The van der Waals surface area contributed by atoms with E-state index in [2.05, 4.69) is 10.3 Å². The number of carbonyl (C=O) groups is 1. The van der Waals surface area contributed by atoms with Gasteiger partial charge in [0, 0.05) is 5.02 Å². The zero-order valence-electron chi connectivity index (χ0n) is 15.4. The number of rotatable bonds is 4. The third-order valence-corrected chi connectivity index (χ3v) is 5.16. The fraction of sp³-hybridized carbons (Fsp3) is 0.0500. The SMILES string of the molecule is O=C(Cl)c1c(-c2c(F)cccc2Cl)noc1-c1cnn(-c2cccc(Cl)c2)c1C(F)(F)F. The molecule has 0 saturated heterocycles. The molecule has 2 heterocycles. The topological polar surface area (TPSA) is 60.9 Å². The molecule has 0 aliphatic rings. The second-order valence-electron chi connectivity index (χ2n) is 6.40. The molecular weight excluding hydrogens is 497 g/mol. The molecule has 2 aromatic carbocycles. The van der Waals surface area contributed by atoms with Crippen LogP contribution in [0, 0.1) is 5.82 Å². The summed E-state index contributed by atoms with van der Waals surface area (Å²) in [5, 5.41) is 6.19. The van der Waals surface area contributed by atoms with Crippen LogP contribution in [0.15, 0.2) is 53.2 Å². The molecule has 4 aromatic rings. The van der Waals surface area contributed by atoms with Gasteiger partial charge in [-0.3, -0.25) is 4.79 Å². The molecule has 0 spiro atoms. The molecule has 0 bridgehead atoms. The maximum atomic E-state index is 14.4. The number of hydrogen-bond donors (Lipinski definition) is 0. The van der Waals surface area contributed by atoms with E-state index in [1.165, 1.54) is 36.4 Å². The summed E-state index contributed by atoms with van der Waals surface area (Å²) in [5.74, 6) is -1.51. The Kier molecular flexibility index (Phi) is 5.74. The van der Waals surface area contributed by atoms with Crippen LogP contribution in [0.25, 0.3) is 28.3 Å². The van der Waals surface area contributed by atoms with Crippen molar-refractivity contribution in [3.8, 4) is 28.3 Å². The van der Waals surface area contributed by atoms with Crippen LogP contribution in [0.2, 0.25) is 10.0 Å². The van der Waals surface area contributed by atoms with Crippen molar-refractivity contribution in [2.45, 2.75) is 6.18 Å². The van der Waals surface area contributed by atoms with Crippen LogP contribution in [-0.2, 0) is 6.18 Å². The van der Waals surface area contributed by atoms with Gasteiger partial charge in [0.1, 0.15) is 17.1 Å². The third kappa shape index (κ3) is 3.87. The lowest BCUT2D eigenvalue weighted by Gasteiger charge is -2.12. The van der Waals surface area contributed by atoms with Gasteiger partial charge in [-0.05, 0) is 41.9 Å². The molecule has 5 nitrogen and oxygen atoms in total. The Balaban J connectivity index is 2.00. The predicted octanol–water partition coefficient (Wildman–Crippen LogP) is 7.04. The van der Waals surface area contributed by atoms with Crippen LogP contribution in [0.5, 0.6) is 0 Å². The molecule has 0 fully saturated rings. The molecule has 0 N–H and O–H groups in total. The first-order valence-corrected chi connectivity index (χ1v) is 9.78. The lowest BCUT2D eigenvalue weighted by Crippen LogP contribution is -2.14. The van der Waals surface area contributed by atoms with E-state index < -0.39 is 45.5 Å². The minimum absolute atomic E-state index is 0.00621. The Labute approximate surface area is 192 Å². The quantitative estimate of drug-likeness (QED) is 0.221. The maximum Gasteiger partial charge on any atom is 0.434 e. The number of halogens is 7. The van der Waals surface area contributed by atoms with Crippen LogP contribution in [0.3, 0.4) is 0 Å². The van der Waals surface area contributed by atoms with E-state index in [4.69, 9.17) is 39.3 Å². The van der Waals surface area contributed by atoms with E-state index in [1.54, 1.807) is 0 Å². The van der Waals surface area contributed by atoms with Crippen molar-refractivity contribution in [1.82, 2.24) is 14.9 Å². The summed E-state index contributed by atoms with van der Waals surface area (Å²) in [6, 6.07) is 9.21. The highest BCUT2D eigenvalue weighted by molar-refractivity contribution is 6.68. The van der Waals surface area contributed by atoms with Gasteiger partial charge in [0.15, 0.2) is 11.5 Å². The fourth-order valence-corrected chi connectivity index (χ4v) is 3.75. The molecule has 164 valence electrons. The molecule has 4 rings (SSSR count). The number of benzene rings is 2.